The van der Waals surface area contributed by atoms with Gasteiger partial charge in [0.05, 0.1) is 16.7 Å². The Bertz CT molecular complexity index is 1060. The van der Waals surface area contributed by atoms with Crippen molar-refractivity contribution < 1.29 is 4.79 Å². The minimum Gasteiger partial charge on any atom is -0.369 e. The van der Waals surface area contributed by atoms with Crippen molar-refractivity contribution in [2.75, 3.05) is 13.1 Å². The van der Waals surface area contributed by atoms with Crippen molar-refractivity contribution in [1.29, 1.82) is 5.26 Å². The number of rotatable bonds is 3. The molecule has 0 aromatic heterocycles. The monoisotopic (exact) mass is 389 g/mol. The second kappa shape index (κ2) is 7.92. The van der Waals surface area contributed by atoms with Gasteiger partial charge in [0.25, 0.3) is 5.91 Å². The molecule has 28 heavy (non-hydrogen) atoms. The molecule has 1 N–H and O–H groups in total. The van der Waals surface area contributed by atoms with E-state index >= 15 is 0 Å². The van der Waals surface area contributed by atoms with Crippen molar-refractivity contribution in [1.82, 2.24) is 10.2 Å². The highest BCUT2D eigenvalue weighted by Gasteiger charge is 2.25. The molecule has 0 radical (unpaired) electrons. The average Bonchev–Trinajstić information content (AvgIpc) is 3.09. The number of nitrogens with zero attached hydrogens (tertiary/aromatic N) is 2. The van der Waals surface area contributed by atoms with Gasteiger partial charge in [-0.05, 0) is 41.5 Å². The number of amides is 1. The number of hydrogen-bond donors (Lipinski definition) is 1. The fraction of sp³-hybridized carbons (Fsp3) is 0.217. The normalized spacial score (nSPS) is 19.4. The zero-order valence-corrected chi connectivity index (χ0v) is 16.1. The lowest BCUT2D eigenvalue weighted by Gasteiger charge is -2.20. The van der Waals surface area contributed by atoms with Crippen molar-refractivity contribution in [3.63, 3.8) is 0 Å². The Kier molecular flexibility index (Phi) is 5.18. The van der Waals surface area contributed by atoms with Crippen LogP contribution in [0.1, 0.15) is 23.2 Å². The molecule has 2 aliphatic rings. The van der Waals surface area contributed by atoms with Crippen LogP contribution in [-0.2, 0) is 0 Å². The number of benzene rings is 2. The number of hydrogen-bond acceptors (Lipinski definition) is 3. The van der Waals surface area contributed by atoms with E-state index in [1.165, 1.54) is 0 Å². The molecule has 2 aromatic carbocycles. The molecule has 1 amide bonds. The van der Waals surface area contributed by atoms with E-state index in [2.05, 4.69) is 16.3 Å². The van der Waals surface area contributed by atoms with E-state index in [4.69, 9.17) is 16.9 Å². The van der Waals surface area contributed by atoms with Gasteiger partial charge in [0.15, 0.2) is 0 Å². The van der Waals surface area contributed by atoms with Crippen LogP contribution in [0.5, 0.6) is 0 Å². The summed E-state index contributed by atoms with van der Waals surface area (Å²) in [5.41, 5.74) is 2.24. The molecule has 1 fully saturated rings. The number of likely N-dealkylation sites (tertiary alicyclic amines) is 1. The molecule has 0 saturated carbocycles. The molecule has 140 valence electrons. The molecular formula is C23H20ClN3O. The van der Waals surface area contributed by atoms with E-state index in [0.29, 0.717) is 22.6 Å². The molecule has 2 aromatic rings. The topological polar surface area (TPSA) is 56.1 Å². The van der Waals surface area contributed by atoms with Gasteiger partial charge in [0, 0.05) is 36.8 Å². The number of nitrogens with one attached hydrogen (secondary N) is 1. The van der Waals surface area contributed by atoms with Crippen molar-refractivity contribution in [2.45, 2.75) is 18.9 Å². The second-order valence-electron chi connectivity index (χ2n) is 7.08. The summed E-state index contributed by atoms with van der Waals surface area (Å²) in [4.78, 5) is 14.9. The lowest BCUT2D eigenvalue weighted by molar-refractivity contribution is 0.0938. The maximum absolute atomic E-state index is 12.7. The smallest absolute Gasteiger partial charge is 0.251 e. The van der Waals surface area contributed by atoms with Crippen molar-refractivity contribution in [2.24, 2.45) is 0 Å². The van der Waals surface area contributed by atoms with E-state index in [1.54, 1.807) is 0 Å². The Balaban J connectivity index is 1.44. The Hall–Kier alpha value is -3.03. The van der Waals surface area contributed by atoms with Gasteiger partial charge in [0.1, 0.15) is 0 Å². The average molecular weight is 390 g/mol. The van der Waals surface area contributed by atoms with Gasteiger partial charge in [0.2, 0.25) is 0 Å². The molecule has 4 rings (SSSR count). The van der Waals surface area contributed by atoms with Crippen LogP contribution >= 0.6 is 11.6 Å². The van der Waals surface area contributed by atoms with Crippen LogP contribution in [0.25, 0.3) is 10.8 Å². The molecule has 1 aliphatic carbocycles. The Morgan fingerprint density at radius 1 is 1.21 bits per heavy atom. The lowest BCUT2D eigenvalue weighted by Crippen LogP contribution is -2.36. The second-order valence-corrected chi connectivity index (χ2v) is 7.49. The maximum Gasteiger partial charge on any atom is 0.251 e. The van der Waals surface area contributed by atoms with Gasteiger partial charge in [-0.25, -0.2) is 0 Å². The van der Waals surface area contributed by atoms with E-state index < -0.39 is 0 Å². The molecule has 4 nitrogen and oxygen atoms in total. The summed E-state index contributed by atoms with van der Waals surface area (Å²) in [5.74, 6) is -0.0484. The number of carbonyl (C=O) groups is 1. The number of fused-ring (bicyclic) bond motifs is 1. The first-order chi connectivity index (χ1) is 13.6. The van der Waals surface area contributed by atoms with Gasteiger partial charge in [-0.2, -0.15) is 5.26 Å². The van der Waals surface area contributed by atoms with E-state index in [-0.39, 0.29) is 11.9 Å². The maximum atomic E-state index is 12.7. The summed E-state index contributed by atoms with van der Waals surface area (Å²) in [7, 11) is 0. The van der Waals surface area contributed by atoms with Gasteiger partial charge in [-0.15, -0.1) is 0 Å². The molecule has 0 spiro atoms. The Labute approximate surface area is 169 Å². The van der Waals surface area contributed by atoms with E-state index in [9.17, 15) is 4.79 Å². The minimum absolute atomic E-state index is 0.0484. The quantitative estimate of drug-likeness (QED) is 0.840. The molecule has 1 aliphatic heterocycles. The fourth-order valence-electron chi connectivity index (χ4n) is 3.67. The van der Waals surface area contributed by atoms with Crippen LogP contribution in [0.15, 0.2) is 77.0 Å². The molecule has 5 heteroatoms. The predicted molar refractivity (Wildman–Crippen MR) is 112 cm³/mol. The zero-order valence-electron chi connectivity index (χ0n) is 15.4. The fourth-order valence-corrected chi connectivity index (χ4v) is 3.90. The molecule has 1 saturated heterocycles. The molecule has 1 atom stereocenters. The van der Waals surface area contributed by atoms with Gasteiger partial charge >= 0.3 is 0 Å². The van der Waals surface area contributed by atoms with E-state index in [1.807, 2.05) is 60.7 Å². The predicted octanol–water partition coefficient (Wildman–Crippen LogP) is 4.50. The van der Waals surface area contributed by atoms with Crippen LogP contribution in [0.3, 0.4) is 0 Å². The molecule has 0 bridgehead atoms. The lowest BCUT2D eigenvalue weighted by atomic mass is 10.1. The third-order valence-electron chi connectivity index (χ3n) is 5.21. The zero-order chi connectivity index (χ0) is 19.5. The highest BCUT2D eigenvalue weighted by atomic mass is 35.5. The number of halogens is 1. The van der Waals surface area contributed by atoms with Crippen molar-refractivity contribution in [3.05, 3.63) is 82.6 Å². The summed E-state index contributed by atoms with van der Waals surface area (Å²) in [6.45, 7) is 1.56. The van der Waals surface area contributed by atoms with Gasteiger partial charge in [-0.1, -0.05) is 48.0 Å². The van der Waals surface area contributed by atoms with E-state index in [0.717, 1.165) is 36.0 Å². The van der Waals surface area contributed by atoms with Crippen LogP contribution in [0.2, 0.25) is 0 Å². The first kappa shape index (κ1) is 18.3. The summed E-state index contributed by atoms with van der Waals surface area (Å²) in [6, 6.07) is 16.0. The highest BCUT2D eigenvalue weighted by Crippen LogP contribution is 2.25. The number of allylic oxidation sites excluding steroid dienone is 5. The van der Waals surface area contributed by atoms with Gasteiger partial charge < -0.3 is 10.2 Å². The van der Waals surface area contributed by atoms with Crippen molar-refractivity contribution >= 4 is 28.3 Å². The SMILES string of the molecule is N#CC1=C(Cl)C=C(N2CC[C@@H](NC(=O)c3ccc4ccccc4c3)C2)C=CC1. The Morgan fingerprint density at radius 2 is 2.04 bits per heavy atom. The summed E-state index contributed by atoms with van der Waals surface area (Å²) in [6.07, 6.45) is 7.22. The first-order valence-corrected chi connectivity index (χ1v) is 9.73. The Morgan fingerprint density at radius 3 is 2.86 bits per heavy atom. The standard InChI is InChI=1S/C23H20ClN3O/c24-22-13-21(7-3-6-19(22)14-25)27-11-10-20(15-27)26-23(28)18-9-8-16-4-1-2-5-17(16)12-18/h1-5,7-9,12-13,20H,6,10-11,15H2,(H,26,28)/t20-/m1/s1. The minimum atomic E-state index is -0.0484. The van der Waals surface area contributed by atoms with Crippen molar-refractivity contribution in [3.8, 4) is 6.07 Å². The highest BCUT2D eigenvalue weighted by molar-refractivity contribution is 6.32. The largest absolute Gasteiger partial charge is 0.369 e. The number of carbonyl (C=O) groups excluding carboxylic acids is 1. The molecule has 1 heterocycles. The van der Waals surface area contributed by atoms with Crippen LogP contribution < -0.4 is 5.32 Å². The van der Waals surface area contributed by atoms with Crippen LogP contribution in [0, 0.1) is 11.3 Å². The number of nitriles is 1. The first-order valence-electron chi connectivity index (χ1n) is 9.35. The molecular weight excluding hydrogens is 370 g/mol. The van der Waals surface area contributed by atoms with Crippen LogP contribution in [0.4, 0.5) is 0 Å². The molecule has 0 unspecified atom stereocenters. The third-order valence-corrected chi connectivity index (χ3v) is 5.55. The summed E-state index contributed by atoms with van der Waals surface area (Å²) in [5, 5.41) is 15.0. The summed E-state index contributed by atoms with van der Waals surface area (Å²) >= 11 is 6.25. The van der Waals surface area contributed by atoms with Gasteiger partial charge in [-0.3, -0.25) is 4.79 Å². The van der Waals surface area contributed by atoms with Crippen LogP contribution in [-0.4, -0.2) is 29.9 Å². The summed E-state index contributed by atoms with van der Waals surface area (Å²) < 4.78 is 0. The third kappa shape index (κ3) is 3.81.